The maximum absolute atomic E-state index is 11.8. The lowest BCUT2D eigenvalue weighted by atomic mass is 9.89. The van der Waals surface area contributed by atoms with Crippen molar-refractivity contribution < 1.29 is 14.3 Å². The summed E-state index contributed by atoms with van der Waals surface area (Å²) in [7, 11) is 0. The van der Waals surface area contributed by atoms with Crippen LogP contribution < -0.4 is 10.6 Å². The second-order valence-corrected chi connectivity index (χ2v) is 5.56. The summed E-state index contributed by atoms with van der Waals surface area (Å²) in [6.07, 6.45) is 4.83. The van der Waals surface area contributed by atoms with Crippen LogP contribution in [0.1, 0.15) is 46.0 Å². The average Bonchev–Trinajstić information content (AvgIpc) is 2.87. The Bertz CT molecular complexity index is 293. The summed E-state index contributed by atoms with van der Waals surface area (Å²) in [6, 6.07) is 0.261. The molecule has 2 fully saturated rings. The van der Waals surface area contributed by atoms with Gasteiger partial charge in [-0.3, -0.25) is 4.79 Å². The molecule has 2 aliphatic rings. The van der Waals surface area contributed by atoms with Crippen molar-refractivity contribution in [1.82, 2.24) is 10.6 Å². The minimum absolute atomic E-state index is 0.0931. The van der Waals surface area contributed by atoms with Gasteiger partial charge in [-0.25, -0.2) is 0 Å². The first-order valence-electron chi connectivity index (χ1n) is 7.47. The van der Waals surface area contributed by atoms with Crippen molar-refractivity contribution in [3.63, 3.8) is 0 Å². The number of ether oxygens (including phenoxy) is 2. The fourth-order valence-electron chi connectivity index (χ4n) is 2.84. The van der Waals surface area contributed by atoms with Gasteiger partial charge in [-0.15, -0.1) is 0 Å². The molecule has 1 unspecified atom stereocenters. The Hall–Kier alpha value is -0.650. The number of nitrogens with one attached hydrogen (secondary N) is 2. The van der Waals surface area contributed by atoms with E-state index in [1.165, 1.54) is 0 Å². The Morgan fingerprint density at radius 3 is 2.53 bits per heavy atom. The van der Waals surface area contributed by atoms with Crippen LogP contribution in [0.15, 0.2) is 0 Å². The molecule has 1 saturated carbocycles. The van der Waals surface area contributed by atoms with Gasteiger partial charge in [0.25, 0.3) is 0 Å². The molecule has 1 aliphatic heterocycles. The molecule has 110 valence electrons. The zero-order valence-corrected chi connectivity index (χ0v) is 12.0. The molecule has 0 radical (unpaired) electrons. The van der Waals surface area contributed by atoms with E-state index in [1.54, 1.807) is 0 Å². The van der Waals surface area contributed by atoms with E-state index in [4.69, 9.17) is 9.47 Å². The van der Waals surface area contributed by atoms with Gasteiger partial charge in [0.1, 0.15) is 0 Å². The Morgan fingerprint density at radius 1 is 1.32 bits per heavy atom. The van der Waals surface area contributed by atoms with Gasteiger partial charge in [-0.05, 0) is 26.2 Å². The van der Waals surface area contributed by atoms with Gasteiger partial charge in [0.2, 0.25) is 5.91 Å². The quantitative estimate of drug-likeness (QED) is 0.787. The zero-order valence-electron chi connectivity index (χ0n) is 12.0. The zero-order chi connectivity index (χ0) is 13.7. The average molecular weight is 270 g/mol. The molecule has 5 nitrogen and oxygen atoms in total. The third kappa shape index (κ3) is 3.91. The molecule has 0 aromatic rings. The monoisotopic (exact) mass is 270 g/mol. The van der Waals surface area contributed by atoms with Crippen LogP contribution >= 0.6 is 0 Å². The fourth-order valence-corrected chi connectivity index (χ4v) is 2.84. The van der Waals surface area contributed by atoms with E-state index >= 15 is 0 Å². The molecule has 0 aromatic heterocycles. The van der Waals surface area contributed by atoms with Gasteiger partial charge in [-0.2, -0.15) is 0 Å². The molecule has 2 N–H and O–H groups in total. The van der Waals surface area contributed by atoms with Crippen molar-refractivity contribution in [2.24, 2.45) is 0 Å². The van der Waals surface area contributed by atoms with Crippen LogP contribution in [0, 0.1) is 0 Å². The van der Waals surface area contributed by atoms with Crippen LogP contribution in [0.4, 0.5) is 0 Å². The molecule has 1 saturated heterocycles. The summed E-state index contributed by atoms with van der Waals surface area (Å²) < 4.78 is 11.4. The topological polar surface area (TPSA) is 59.6 Å². The molecule has 1 atom stereocenters. The standard InChI is InChI=1S/C14H26N2O3/c1-3-8-15-13(17)11(2)16-12-4-6-14(7-5-12)18-9-10-19-14/h11-12,16H,3-10H2,1-2H3,(H,15,17). The maximum Gasteiger partial charge on any atom is 0.236 e. The molecule has 1 aliphatic carbocycles. The first kappa shape index (κ1) is 14.8. The molecular weight excluding hydrogens is 244 g/mol. The number of amides is 1. The van der Waals surface area contributed by atoms with Crippen LogP contribution in [0.5, 0.6) is 0 Å². The summed E-state index contributed by atoms with van der Waals surface area (Å²) >= 11 is 0. The van der Waals surface area contributed by atoms with Crippen molar-refractivity contribution in [1.29, 1.82) is 0 Å². The normalized spacial score (nSPS) is 24.5. The van der Waals surface area contributed by atoms with E-state index in [9.17, 15) is 4.79 Å². The number of rotatable bonds is 5. The van der Waals surface area contributed by atoms with Gasteiger partial charge >= 0.3 is 0 Å². The van der Waals surface area contributed by atoms with E-state index in [0.717, 1.165) is 38.6 Å². The predicted molar refractivity (Wildman–Crippen MR) is 72.8 cm³/mol. The smallest absolute Gasteiger partial charge is 0.236 e. The highest BCUT2D eigenvalue weighted by molar-refractivity contribution is 5.81. The molecule has 1 heterocycles. The van der Waals surface area contributed by atoms with Crippen molar-refractivity contribution >= 4 is 5.91 Å². The van der Waals surface area contributed by atoms with Crippen molar-refractivity contribution in [3.8, 4) is 0 Å². The molecule has 0 bridgehead atoms. The largest absolute Gasteiger partial charge is 0.355 e. The Labute approximate surface area is 115 Å². The Morgan fingerprint density at radius 2 is 1.95 bits per heavy atom. The first-order valence-corrected chi connectivity index (χ1v) is 7.47. The summed E-state index contributed by atoms with van der Waals surface area (Å²) in [5.41, 5.74) is 0. The minimum atomic E-state index is -0.314. The first-order chi connectivity index (χ1) is 9.15. The van der Waals surface area contributed by atoms with Gasteiger partial charge in [0.05, 0.1) is 19.3 Å². The van der Waals surface area contributed by atoms with E-state index in [1.807, 2.05) is 6.92 Å². The van der Waals surface area contributed by atoms with Gasteiger partial charge in [0, 0.05) is 25.4 Å². The molecule has 0 aromatic carbocycles. The second-order valence-electron chi connectivity index (χ2n) is 5.56. The van der Waals surface area contributed by atoms with Crippen LogP contribution in [0.3, 0.4) is 0 Å². The minimum Gasteiger partial charge on any atom is -0.355 e. The second kappa shape index (κ2) is 6.68. The van der Waals surface area contributed by atoms with Gasteiger partial charge in [-0.1, -0.05) is 6.92 Å². The highest BCUT2D eigenvalue weighted by Gasteiger charge is 2.40. The fraction of sp³-hybridized carbons (Fsp3) is 0.929. The van der Waals surface area contributed by atoms with Crippen molar-refractivity contribution in [2.45, 2.75) is 63.8 Å². The predicted octanol–water partition coefficient (Wildman–Crippen LogP) is 1.18. The number of carbonyl (C=O) groups is 1. The Balaban J connectivity index is 1.71. The molecule has 19 heavy (non-hydrogen) atoms. The van der Waals surface area contributed by atoms with Crippen molar-refractivity contribution in [2.75, 3.05) is 19.8 Å². The van der Waals surface area contributed by atoms with Crippen molar-refractivity contribution in [3.05, 3.63) is 0 Å². The third-order valence-electron chi connectivity index (χ3n) is 3.99. The molecule has 2 rings (SSSR count). The van der Waals surface area contributed by atoms with Crippen LogP contribution in [-0.4, -0.2) is 43.5 Å². The highest BCUT2D eigenvalue weighted by atomic mass is 16.7. The summed E-state index contributed by atoms with van der Waals surface area (Å²) in [5, 5.41) is 6.33. The van der Waals surface area contributed by atoms with E-state index < -0.39 is 0 Å². The molecular formula is C14H26N2O3. The van der Waals surface area contributed by atoms with Crippen LogP contribution in [-0.2, 0) is 14.3 Å². The van der Waals surface area contributed by atoms with Gasteiger partial charge in [0.15, 0.2) is 5.79 Å². The summed E-state index contributed by atoms with van der Waals surface area (Å²) in [4.78, 5) is 11.8. The molecule has 1 amide bonds. The number of hydrogen-bond donors (Lipinski definition) is 2. The lowest BCUT2D eigenvalue weighted by Crippen LogP contribution is -2.49. The highest BCUT2D eigenvalue weighted by Crippen LogP contribution is 2.35. The Kier molecular flexibility index (Phi) is 5.19. The van der Waals surface area contributed by atoms with Gasteiger partial charge < -0.3 is 20.1 Å². The maximum atomic E-state index is 11.8. The van der Waals surface area contributed by atoms with E-state index in [0.29, 0.717) is 19.3 Å². The molecule has 5 heteroatoms. The lowest BCUT2D eigenvalue weighted by Gasteiger charge is -2.36. The summed E-state index contributed by atoms with van der Waals surface area (Å²) in [5.74, 6) is -0.221. The lowest BCUT2D eigenvalue weighted by molar-refractivity contribution is -0.179. The number of hydrogen-bond acceptors (Lipinski definition) is 4. The SMILES string of the molecule is CCCNC(=O)C(C)NC1CCC2(CC1)OCCO2. The third-order valence-corrected chi connectivity index (χ3v) is 3.99. The van der Waals surface area contributed by atoms with E-state index in [-0.39, 0.29) is 17.7 Å². The molecule has 1 spiro atoms. The van der Waals surface area contributed by atoms with Crippen LogP contribution in [0.2, 0.25) is 0 Å². The van der Waals surface area contributed by atoms with Crippen LogP contribution in [0.25, 0.3) is 0 Å². The number of carbonyl (C=O) groups excluding carboxylic acids is 1. The van der Waals surface area contributed by atoms with E-state index in [2.05, 4.69) is 17.6 Å². The summed E-state index contributed by atoms with van der Waals surface area (Å²) in [6.45, 7) is 6.17.